The van der Waals surface area contributed by atoms with Gasteiger partial charge in [-0.25, -0.2) is 9.97 Å². The molecule has 158 valence electrons. The van der Waals surface area contributed by atoms with Gasteiger partial charge in [-0.15, -0.1) is 0 Å². The van der Waals surface area contributed by atoms with E-state index in [1.165, 1.54) is 12.8 Å². The molecule has 2 N–H and O–H groups in total. The molecule has 0 aliphatic heterocycles. The second-order valence-corrected chi connectivity index (χ2v) is 15.7. The minimum atomic E-state index is -2.19. The number of amides is 1. The van der Waals surface area contributed by atoms with Crippen LogP contribution in [0, 0.1) is 11.3 Å². The quantitative estimate of drug-likeness (QED) is 0.528. The molecule has 1 aromatic heterocycles. The smallest absolute Gasteiger partial charge is 0.230 e. The Kier molecular flexibility index (Phi) is 7.15. The Labute approximate surface area is 179 Å². The van der Waals surface area contributed by atoms with E-state index in [2.05, 4.69) is 40.1 Å². The van der Waals surface area contributed by atoms with Crippen LogP contribution < -0.4 is 5.32 Å². The lowest BCUT2D eigenvalue weighted by molar-refractivity contribution is -0.123. The van der Waals surface area contributed by atoms with Crippen LogP contribution in [-0.4, -0.2) is 29.0 Å². The van der Waals surface area contributed by atoms with Crippen LogP contribution >= 0.6 is 15.9 Å². The molecular formula is C21H36BrN3O2Si. The first-order valence-corrected chi connectivity index (χ1v) is 14.0. The van der Waals surface area contributed by atoms with E-state index >= 15 is 0 Å². The third-order valence-electron chi connectivity index (χ3n) is 6.32. The van der Waals surface area contributed by atoms with Gasteiger partial charge in [0.1, 0.15) is 4.60 Å². The molecule has 0 bridgehead atoms. The summed E-state index contributed by atoms with van der Waals surface area (Å²) >= 11 is 3.48. The molecule has 0 radical (unpaired) electrons. The number of nitrogens with one attached hydrogen (secondary N) is 1. The summed E-state index contributed by atoms with van der Waals surface area (Å²) < 4.78 is 0.592. The average Bonchev–Trinajstić information content (AvgIpc) is 2.54. The minimum absolute atomic E-state index is 0.00686. The van der Waals surface area contributed by atoms with Gasteiger partial charge >= 0.3 is 0 Å². The number of aromatic nitrogens is 2. The summed E-state index contributed by atoms with van der Waals surface area (Å²) in [6.45, 7) is 14.1. The molecule has 1 aliphatic carbocycles. The lowest BCUT2D eigenvalue weighted by Crippen LogP contribution is -2.40. The Bertz CT molecular complexity index is 711. The molecule has 28 heavy (non-hydrogen) atoms. The van der Waals surface area contributed by atoms with Crippen LogP contribution in [0.2, 0.25) is 18.1 Å². The SMILES string of the molecule is CC(C)(C)C(=O)Nc1ncc([C@@H]2CCC[C@H](CC(C)(C)[Si](C)(C)O)C2)nc1Br. The minimum Gasteiger partial charge on any atom is -0.432 e. The number of hydrogen-bond donors (Lipinski definition) is 2. The van der Waals surface area contributed by atoms with Crippen molar-refractivity contribution < 1.29 is 9.59 Å². The fourth-order valence-corrected chi connectivity index (χ4v) is 4.87. The molecule has 5 nitrogen and oxygen atoms in total. The third-order valence-corrected chi connectivity index (χ3v) is 10.4. The van der Waals surface area contributed by atoms with Gasteiger partial charge in [-0.1, -0.05) is 47.5 Å². The molecule has 2 rings (SSSR count). The fourth-order valence-electron chi connectivity index (χ4n) is 3.67. The van der Waals surface area contributed by atoms with Crippen molar-refractivity contribution in [3.63, 3.8) is 0 Å². The van der Waals surface area contributed by atoms with Crippen molar-refractivity contribution in [3.8, 4) is 0 Å². The molecule has 0 saturated heterocycles. The maximum atomic E-state index is 12.2. The monoisotopic (exact) mass is 469 g/mol. The number of halogens is 1. The van der Waals surface area contributed by atoms with E-state index in [1.54, 1.807) is 0 Å². The highest BCUT2D eigenvalue weighted by Crippen LogP contribution is 2.47. The standard InChI is InChI=1S/C21H36BrN3O2Si/c1-20(2,3)19(26)25-18-17(22)24-16(13-23-18)15-10-8-9-14(11-15)12-21(4,5)28(6,7)27/h13-15,27H,8-12H2,1-7H3,(H,23,25,26)/t14-,15+/m0/s1. The Morgan fingerprint density at radius 2 is 1.93 bits per heavy atom. The predicted octanol–water partition coefficient (Wildman–Crippen LogP) is 5.87. The summed E-state index contributed by atoms with van der Waals surface area (Å²) in [4.78, 5) is 32.0. The van der Waals surface area contributed by atoms with Gasteiger partial charge in [0.15, 0.2) is 14.1 Å². The molecule has 0 aromatic carbocycles. The Morgan fingerprint density at radius 1 is 1.29 bits per heavy atom. The first-order valence-electron chi connectivity index (χ1n) is 10.3. The summed E-state index contributed by atoms with van der Waals surface area (Å²) in [6.07, 6.45) is 7.48. The third kappa shape index (κ3) is 5.86. The second kappa shape index (κ2) is 8.52. The fraction of sp³-hybridized carbons (Fsp3) is 0.762. The zero-order chi connectivity index (χ0) is 21.3. The molecule has 1 saturated carbocycles. The summed E-state index contributed by atoms with van der Waals surface area (Å²) in [5.74, 6) is 1.39. The zero-order valence-corrected chi connectivity index (χ0v) is 21.0. The van der Waals surface area contributed by atoms with Crippen LogP contribution in [0.4, 0.5) is 5.82 Å². The lowest BCUT2D eigenvalue weighted by Gasteiger charge is -2.40. The molecule has 0 unspecified atom stereocenters. The molecule has 1 amide bonds. The highest BCUT2D eigenvalue weighted by molar-refractivity contribution is 9.10. The van der Waals surface area contributed by atoms with Crippen molar-refractivity contribution in [2.45, 2.75) is 90.8 Å². The number of carbonyl (C=O) groups is 1. The molecule has 1 heterocycles. The lowest BCUT2D eigenvalue weighted by atomic mass is 9.76. The number of carbonyl (C=O) groups excluding carboxylic acids is 1. The van der Waals surface area contributed by atoms with Crippen molar-refractivity contribution in [1.82, 2.24) is 9.97 Å². The molecule has 0 spiro atoms. The van der Waals surface area contributed by atoms with Crippen LogP contribution in [0.3, 0.4) is 0 Å². The first kappa shape index (κ1) is 23.5. The van der Waals surface area contributed by atoms with E-state index < -0.39 is 13.7 Å². The van der Waals surface area contributed by atoms with E-state index in [-0.39, 0.29) is 10.9 Å². The maximum Gasteiger partial charge on any atom is 0.230 e. The molecule has 1 aromatic rings. The molecule has 1 aliphatic rings. The Hall–Kier alpha value is -0.793. The van der Waals surface area contributed by atoms with Crippen LogP contribution in [0.25, 0.3) is 0 Å². The van der Waals surface area contributed by atoms with Crippen molar-refractivity contribution in [2.75, 3.05) is 5.32 Å². The van der Waals surface area contributed by atoms with E-state index in [9.17, 15) is 9.59 Å². The Balaban J connectivity index is 2.09. The van der Waals surface area contributed by atoms with Gasteiger partial charge in [0.05, 0.1) is 11.9 Å². The van der Waals surface area contributed by atoms with Gasteiger partial charge in [0.2, 0.25) is 5.91 Å². The van der Waals surface area contributed by atoms with Crippen molar-refractivity contribution >= 4 is 36.0 Å². The van der Waals surface area contributed by atoms with Gasteiger partial charge in [-0.3, -0.25) is 4.79 Å². The number of nitrogens with zero attached hydrogens (tertiary/aromatic N) is 2. The summed E-state index contributed by atoms with van der Waals surface area (Å²) in [6, 6.07) is 0. The van der Waals surface area contributed by atoms with Gasteiger partial charge in [0, 0.05) is 11.3 Å². The first-order chi connectivity index (χ1) is 12.7. The molecule has 7 heteroatoms. The van der Waals surface area contributed by atoms with E-state index in [0.29, 0.717) is 22.3 Å². The zero-order valence-electron chi connectivity index (χ0n) is 18.4. The number of anilines is 1. The molecular weight excluding hydrogens is 434 g/mol. The van der Waals surface area contributed by atoms with E-state index in [1.807, 2.05) is 40.1 Å². The molecule has 2 atom stereocenters. The van der Waals surface area contributed by atoms with Crippen molar-refractivity contribution in [3.05, 3.63) is 16.5 Å². The maximum absolute atomic E-state index is 12.2. The normalized spacial score (nSPS) is 21.5. The summed E-state index contributed by atoms with van der Waals surface area (Å²) in [5.41, 5.74) is 0.510. The largest absolute Gasteiger partial charge is 0.432 e. The van der Waals surface area contributed by atoms with Crippen molar-refractivity contribution in [1.29, 1.82) is 0 Å². The number of hydrogen-bond acceptors (Lipinski definition) is 4. The second-order valence-electron chi connectivity index (χ2n) is 10.5. The van der Waals surface area contributed by atoms with Gasteiger partial charge < -0.3 is 10.1 Å². The predicted molar refractivity (Wildman–Crippen MR) is 121 cm³/mol. The average molecular weight is 471 g/mol. The number of rotatable bonds is 5. The van der Waals surface area contributed by atoms with Crippen LogP contribution in [0.15, 0.2) is 10.8 Å². The van der Waals surface area contributed by atoms with Gasteiger partial charge in [-0.05, 0) is 59.2 Å². The highest BCUT2D eigenvalue weighted by Gasteiger charge is 2.40. The van der Waals surface area contributed by atoms with Crippen LogP contribution in [0.1, 0.15) is 78.3 Å². The topological polar surface area (TPSA) is 75.1 Å². The van der Waals surface area contributed by atoms with E-state index in [0.717, 1.165) is 25.0 Å². The summed E-state index contributed by atoms with van der Waals surface area (Å²) in [7, 11) is -2.19. The van der Waals surface area contributed by atoms with Gasteiger partial charge in [-0.2, -0.15) is 0 Å². The highest BCUT2D eigenvalue weighted by atomic mass is 79.9. The van der Waals surface area contributed by atoms with Crippen molar-refractivity contribution in [2.24, 2.45) is 11.3 Å². The van der Waals surface area contributed by atoms with Crippen LogP contribution in [0.5, 0.6) is 0 Å². The molecule has 1 fully saturated rings. The van der Waals surface area contributed by atoms with Crippen LogP contribution in [-0.2, 0) is 4.79 Å². The summed E-state index contributed by atoms with van der Waals surface area (Å²) in [5, 5.41) is 2.86. The van der Waals surface area contributed by atoms with Gasteiger partial charge in [0.25, 0.3) is 0 Å². The van der Waals surface area contributed by atoms with E-state index in [4.69, 9.17) is 4.98 Å². The Morgan fingerprint density at radius 3 is 2.46 bits per heavy atom.